The maximum atomic E-state index is 14.4. The van der Waals surface area contributed by atoms with E-state index in [1.165, 1.54) is 0 Å². The Balaban J connectivity index is 1.91. The van der Waals surface area contributed by atoms with Gasteiger partial charge in [0, 0.05) is 0 Å². The number of carbonyl (C=O) groups is 1. The lowest BCUT2D eigenvalue weighted by atomic mass is 9.66. The van der Waals surface area contributed by atoms with Gasteiger partial charge in [0.1, 0.15) is 5.41 Å². The lowest BCUT2D eigenvalue weighted by molar-refractivity contribution is -0.148. The maximum Gasteiger partial charge on any atom is 0.321 e. The van der Waals surface area contributed by atoms with Crippen molar-refractivity contribution >= 4 is 49.1 Å². The molecule has 2 nitrogen and oxygen atoms in total. The van der Waals surface area contributed by atoms with Gasteiger partial charge in [0.05, 0.1) is 6.61 Å². The summed E-state index contributed by atoms with van der Waals surface area (Å²) in [5.41, 5.74) is 1.05. The molecule has 0 radical (unpaired) electrons. The Labute approximate surface area is 211 Å². The molecule has 176 valence electrons. The average Bonchev–Trinajstić information content (AvgIpc) is 2.92. The molecule has 0 aliphatic heterocycles. The molecule has 2 heteroatoms. The van der Waals surface area contributed by atoms with Crippen molar-refractivity contribution in [2.24, 2.45) is 0 Å². The first-order chi connectivity index (χ1) is 17.7. The Morgan fingerprint density at radius 3 is 1.22 bits per heavy atom. The van der Waals surface area contributed by atoms with E-state index >= 15 is 0 Å². The molecule has 0 heterocycles. The summed E-state index contributed by atoms with van der Waals surface area (Å²) in [4.78, 5) is 14.4. The van der Waals surface area contributed by atoms with Crippen molar-refractivity contribution in [1.29, 1.82) is 0 Å². The highest BCUT2D eigenvalue weighted by atomic mass is 16.5. The lowest BCUT2D eigenvalue weighted by Crippen LogP contribution is -2.39. The van der Waals surface area contributed by atoms with Gasteiger partial charge in [-0.25, -0.2) is 0 Å². The van der Waals surface area contributed by atoms with Gasteiger partial charge in [0.2, 0.25) is 0 Å². The van der Waals surface area contributed by atoms with E-state index < -0.39 is 5.41 Å². The molecule has 6 aromatic rings. The molecule has 0 N–H and O–H groups in total. The summed E-state index contributed by atoms with van der Waals surface area (Å²) >= 11 is 0. The summed E-state index contributed by atoms with van der Waals surface area (Å²) < 4.78 is 5.96. The van der Waals surface area contributed by atoms with Crippen LogP contribution in [0.4, 0.5) is 0 Å². The van der Waals surface area contributed by atoms with E-state index in [1.54, 1.807) is 0 Å². The molecule has 0 spiro atoms. The summed E-state index contributed by atoms with van der Waals surface area (Å²) in [6, 6.07) is 38.1. The van der Waals surface area contributed by atoms with Crippen molar-refractivity contribution < 1.29 is 9.53 Å². The van der Waals surface area contributed by atoms with Crippen molar-refractivity contribution in [1.82, 2.24) is 0 Å². The zero-order valence-electron chi connectivity index (χ0n) is 20.6. The van der Waals surface area contributed by atoms with Crippen molar-refractivity contribution in [3.05, 3.63) is 120 Å². The van der Waals surface area contributed by atoms with Gasteiger partial charge in [-0.2, -0.15) is 0 Å². The molecule has 0 saturated carbocycles. The van der Waals surface area contributed by atoms with E-state index in [-0.39, 0.29) is 5.97 Å². The largest absolute Gasteiger partial charge is 0.465 e. The molecule has 0 amide bonds. The zero-order valence-corrected chi connectivity index (χ0v) is 20.6. The Bertz CT molecular complexity index is 1540. The van der Waals surface area contributed by atoms with E-state index in [0.29, 0.717) is 13.0 Å². The predicted molar refractivity (Wildman–Crippen MR) is 151 cm³/mol. The average molecular weight is 469 g/mol. The molecule has 0 bridgehead atoms. The minimum absolute atomic E-state index is 0.199. The Morgan fingerprint density at radius 1 is 0.583 bits per heavy atom. The minimum atomic E-state index is -1.00. The molecule has 0 fully saturated rings. The molecule has 0 atom stereocenters. The highest BCUT2D eigenvalue weighted by molar-refractivity contribution is 6.13. The van der Waals surface area contributed by atoms with Crippen molar-refractivity contribution in [3.63, 3.8) is 0 Å². The van der Waals surface area contributed by atoms with E-state index in [2.05, 4.69) is 116 Å². The number of hydrogen-bond donors (Lipinski definition) is 0. The number of esters is 1. The molecule has 0 aliphatic carbocycles. The molecule has 0 saturated heterocycles. The quantitative estimate of drug-likeness (QED) is 0.187. The molecule has 0 aliphatic rings. The van der Waals surface area contributed by atoms with Gasteiger partial charge in [-0.3, -0.25) is 4.79 Å². The highest BCUT2D eigenvalue weighted by Gasteiger charge is 2.46. The van der Waals surface area contributed by atoms with E-state index in [0.717, 1.165) is 54.2 Å². The molecular formula is C34H28O2. The van der Waals surface area contributed by atoms with E-state index in [9.17, 15) is 4.79 Å². The predicted octanol–water partition coefficient (Wildman–Crippen LogP) is 8.56. The first-order valence-electron chi connectivity index (χ1n) is 12.7. The van der Waals surface area contributed by atoms with Crippen LogP contribution in [-0.4, -0.2) is 12.6 Å². The number of benzene rings is 6. The van der Waals surface area contributed by atoms with Gasteiger partial charge in [0.15, 0.2) is 0 Å². The fraction of sp³-hybridized carbons (Fsp3) is 0.147. The zero-order chi connectivity index (χ0) is 24.7. The van der Waals surface area contributed by atoms with Crippen LogP contribution in [0.2, 0.25) is 0 Å². The number of carbonyl (C=O) groups excluding carboxylic acids is 1. The second kappa shape index (κ2) is 8.80. The first kappa shape index (κ1) is 22.3. The van der Waals surface area contributed by atoms with Crippen molar-refractivity contribution in [3.8, 4) is 0 Å². The SMILES string of the molecule is CCOC(=O)C(CC)(c1c2ccccc2cc2ccccc12)c1c2ccccc2cc2ccccc12. The van der Waals surface area contributed by atoms with Gasteiger partial charge >= 0.3 is 5.97 Å². The first-order valence-corrected chi connectivity index (χ1v) is 12.7. The third-order valence-corrected chi connectivity index (χ3v) is 7.55. The summed E-state index contributed by atoms with van der Waals surface area (Å²) in [5.74, 6) is -0.199. The van der Waals surface area contributed by atoms with Gasteiger partial charge in [-0.1, -0.05) is 104 Å². The highest BCUT2D eigenvalue weighted by Crippen LogP contribution is 2.49. The number of fused-ring (bicyclic) bond motifs is 4. The van der Waals surface area contributed by atoms with E-state index in [1.807, 2.05) is 6.92 Å². The molecule has 6 rings (SSSR count). The topological polar surface area (TPSA) is 26.3 Å². The Hall–Kier alpha value is -4.17. The third kappa shape index (κ3) is 3.21. The smallest absolute Gasteiger partial charge is 0.321 e. The number of rotatable bonds is 5. The normalized spacial score (nSPS) is 11.9. The van der Waals surface area contributed by atoms with Crippen LogP contribution in [-0.2, 0) is 14.9 Å². The second-order valence-electron chi connectivity index (χ2n) is 9.37. The van der Waals surface area contributed by atoms with Crippen LogP contribution in [0.25, 0.3) is 43.1 Å². The van der Waals surface area contributed by atoms with Crippen LogP contribution >= 0.6 is 0 Å². The monoisotopic (exact) mass is 468 g/mol. The van der Waals surface area contributed by atoms with Crippen LogP contribution < -0.4 is 0 Å². The fourth-order valence-corrected chi connectivity index (χ4v) is 6.03. The Morgan fingerprint density at radius 2 is 0.917 bits per heavy atom. The molecule has 0 unspecified atom stereocenters. The standard InChI is InChI=1S/C34H28O2/c1-3-34(33(35)36-4-2,31-27-17-9-5-13-23(27)21-24-14-6-10-18-28(24)31)32-29-19-11-7-15-25(29)22-26-16-8-12-20-30(26)32/h5-22H,3-4H2,1-2H3. The molecular weight excluding hydrogens is 440 g/mol. The van der Waals surface area contributed by atoms with Crippen LogP contribution in [0.1, 0.15) is 31.4 Å². The molecule has 6 aromatic carbocycles. The molecule has 0 aromatic heterocycles. The fourth-order valence-electron chi connectivity index (χ4n) is 6.03. The summed E-state index contributed by atoms with van der Waals surface area (Å²) in [7, 11) is 0. The Kier molecular flexibility index (Phi) is 5.45. The summed E-state index contributed by atoms with van der Waals surface area (Å²) in [5, 5.41) is 8.84. The van der Waals surface area contributed by atoms with Crippen LogP contribution in [0, 0.1) is 0 Å². The number of hydrogen-bond acceptors (Lipinski definition) is 2. The third-order valence-electron chi connectivity index (χ3n) is 7.55. The number of ether oxygens (including phenoxy) is 1. The van der Waals surface area contributed by atoms with Gasteiger partial charge in [0.25, 0.3) is 0 Å². The van der Waals surface area contributed by atoms with Crippen LogP contribution in [0.3, 0.4) is 0 Å². The van der Waals surface area contributed by atoms with Gasteiger partial charge in [-0.05, 0) is 79.7 Å². The summed E-state index contributed by atoms with van der Waals surface area (Å²) in [6.45, 7) is 4.33. The van der Waals surface area contributed by atoms with Crippen LogP contribution in [0.5, 0.6) is 0 Å². The van der Waals surface area contributed by atoms with Crippen LogP contribution in [0.15, 0.2) is 109 Å². The van der Waals surface area contributed by atoms with Gasteiger partial charge in [-0.15, -0.1) is 0 Å². The van der Waals surface area contributed by atoms with Crippen molar-refractivity contribution in [2.45, 2.75) is 25.7 Å². The van der Waals surface area contributed by atoms with Gasteiger partial charge < -0.3 is 4.74 Å². The van der Waals surface area contributed by atoms with Crippen molar-refractivity contribution in [2.75, 3.05) is 6.61 Å². The minimum Gasteiger partial charge on any atom is -0.465 e. The maximum absolute atomic E-state index is 14.4. The lowest BCUT2D eigenvalue weighted by Gasteiger charge is -2.35. The summed E-state index contributed by atoms with van der Waals surface area (Å²) in [6.07, 6.45) is 0.571. The molecule has 36 heavy (non-hydrogen) atoms. The second-order valence-corrected chi connectivity index (χ2v) is 9.37. The van der Waals surface area contributed by atoms with E-state index in [4.69, 9.17) is 4.74 Å².